The minimum Gasteiger partial charge on any atom is -1.00 e. The summed E-state index contributed by atoms with van der Waals surface area (Å²) in [7, 11) is 1.91. The molecule has 4 atom stereocenters. The van der Waals surface area contributed by atoms with E-state index in [0.717, 1.165) is 129 Å². The topological polar surface area (TPSA) is 358 Å². The van der Waals surface area contributed by atoms with Crippen molar-refractivity contribution in [3.63, 3.8) is 0 Å². The van der Waals surface area contributed by atoms with Gasteiger partial charge in [0.15, 0.2) is 0 Å². The van der Waals surface area contributed by atoms with Crippen molar-refractivity contribution >= 4 is 82.1 Å². The standard InChI is InChI=1S/C20H28N2OS.C17H28O3.C15H22N2O.C12H22N2O.C10H17NO.C9H14O2.C5H12N2O2.C3H5.3CH4.ClHN4.2ClH.Mg.H2N2/c1(7-18-8-5-16-24-18)2-9-19(22-14-6-13-21-22)12-15-23-20(17-19)10-3-4-11-20;1-5-8-16(14(18)20-15(2,3)4)11-12-19-17(13-16)9-6-7-10-17;1-2-6-14(17-11-5-10-16-17)9-12-18-15(13-14)7-3-4-8-15;1-2-5-11(14-13)8-9-15-12(10-11)6-3-4-7-12;1-11-9-4-7-12-10(8-9)5-2-3-6-10;10-8-3-6-11-9(7-8)4-1-2-5-9;1-5(2,3)9-4(8)7-6;1-3-2;;;;1-3-5-4-2;;;;1-2/h5-6,8,13-14,16H,1-4,7,9-12,15,17H2;5H,1,6-13H2,2-4H3;2,5,10-11H,1,3-4,6-9,12-13H2;2,14H,1,3-10,13H2;2-8H2,1H3;1-7H2;6H2,1-3H3,(H,7,8);3H,1-2H2;3*1H4;2H;2*1H;;1-2H/q;;;;;;;-1;;;;;;;+2;/p-1. The van der Waals surface area contributed by atoms with Crippen molar-refractivity contribution in [1.82, 2.24) is 30.4 Å². The molecule has 3 aromatic rings. The molecule has 0 aromatic carbocycles. The maximum Gasteiger partial charge on any atom is 2.00 e. The zero-order valence-corrected chi connectivity index (χ0v) is 79.8. The van der Waals surface area contributed by atoms with Gasteiger partial charge in [-0.2, -0.15) is 15.7 Å². The van der Waals surface area contributed by atoms with Crippen LogP contribution in [0.5, 0.6) is 0 Å². The number of aromatic nitrogens is 4. The molecule has 6 aliphatic carbocycles. The summed E-state index contributed by atoms with van der Waals surface area (Å²) in [4.78, 5) is 40.1. The first kappa shape index (κ1) is 120. The van der Waals surface area contributed by atoms with E-state index in [0.29, 0.717) is 38.3 Å². The van der Waals surface area contributed by atoms with Gasteiger partial charge >= 0.3 is 35.1 Å². The van der Waals surface area contributed by atoms with Crippen LogP contribution < -0.4 is 34.9 Å². The number of hydrogen-bond donors (Lipinski definition) is 7. The van der Waals surface area contributed by atoms with Gasteiger partial charge in [-0.25, -0.2) is 41.3 Å². The Kier molecular flexibility index (Phi) is 57.2. The first-order chi connectivity index (χ1) is 57.1. The van der Waals surface area contributed by atoms with Gasteiger partial charge in [0.25, 0.3) is 0 Å². The van der Waals surface area contributed by atoms with Crippen LogP contribution in [-0.4, -0.2) is 163 Å². The maximum atomic E-state index is 12.7. The first-order valence-corrected chi connectivity index (χ1v) is 45.4. The SMILES string of the molecule is C.C.C.C=CCC1(C(=O)OC(C)(C)C)CCOC2(CCCC2)C1.C=CCC1(NN)CCOC2(CCCC2)C1.C=CCC1(n2cccn2)CCOC2(CCCC2)C1.C=C[CH2-].CC(C)(C)OC(=O)NN.CN=C1CCOC2(CCCC2)C1.Cl.N=N.N=NN=NCl.O=C1CCOC2(CCCC2)C1.[Cl-].[Mg+2].c1csc(CCCCC2(n3cccn3)CCOC3(CCCC3)C2)c1. The molecule has 0 bridgehead atoms. The van der Waals surface area contributed by atoms with Crippen molar-refractivity contribution < 1.29 is 64.7 Å². The van der Waals surface area contributed by atoms with E-state index in [-0.39, 0.29) is 126 Å². The number of nitrogens with one attached hydrogen (secondary N) is 5. The molecule has 6 saturated heterocycles. The molecule has 12 fully saturated rings. The summed E-state index contributed by atoms with van der Waals surface area (Å²) in [5.41, 5.74) is 21.6. The number of carbonyl (C=O) groups excluding carboxylic acids is 3. The van der Waals surface area contributed by atoms with Gasteiger partial charge in [0, 0.05) is 113 Å². The molecule has 1 amide bonds. The number of thiophene rings is 1. The maximum absolute atomic E-state index is 12.7. The zero-order valence-electron chi connectivity index (χ0n) is 75.2. The predicted octanol–water partition coefficient (Wildman–Crippen LogP) is 20.7. The van der Waals surface area contributed by atoms with E-state index < -0.39 is 22.7 Å². The molecule has 6 spiro atoms. The first-order valence-electron chi connectivity index (χ1n) is 44.2. The molecule has 26 nitrogen and oxygen atoms in total. The van der Waals surface area contributed by atoms with E-state index in [1.165, 1.54) is 171 Å². The molecule has 4 unspecified atom stereocenters. The van der Waals surface area contributed by atoms with E-state index in [2.05, 4.69) is 126 Å². The van der Waals surface area contributed by atoms with Crippen molar-refractivity contribution in [2.75, 3.05) is 46.7 Å². The van der Waals surface area contributed by atoms with Crippen molar-refractivity contribution in [1.29, 1.82) is 16.6 Å². The molecule has 12 aliphatic rings. The number of esters is 1. The van der Waals surface area contributed by atoms with Gasteiger partial charge in [0.2, 0.25) is 0 Å². The van der Waals surface area contributed by atoms with Crippen LogP contribution in [0.2, 0.25) is 0 Å². The minimum absolute atomic E-state index is 0. The number of nitrogens with two attached hydrogens (primary N) is 2. The third-order valence-corrected chi connectivity index (χ3v) is 26.8. The van der Waals surface area contributed by atoms with Gasteiger partial charge in [0.05, 0.1) is 75.1 Å². The minimum atomic E-state index is -0.609. The van der Waals surface area contributed by atoms with Crippen LogP contribution in [0.25, 0.3) is 0 Å². The van der Waals surface area contributed by atoms with E-state index in [1.54, 1.807) is 20.8 Å². The normalized spacial score (nSPS) is 25.2. The van der Waals surface area contributed by atoms with Crippen molar-refractivity contribution in [2.45, 2.75) is 401 Å². The Morgan fingerprint density at radius 3 is 1.40 bits per heavy atom. The zero-order chi connectivity index (χ0) is 86.9. The third kappa shape index (κ3) is 38.1. The Bertz CT molecular complexity index is 3520. The fraction of sp³-hybridized carbons (Fsp3) is 0.755. The monoisotopic (exact) mass is 1840 g/mol. The summed E-state index contributed by atoms with van der Waals surface area (Å²) in [6.07, 6.45) is 63.6. The predicted molar refractivity (Wildman–Crippen MR) is 505 cm³/mol. The number of unbranched alkanes of at least 4 members (excludes halogenated alkanes) is 1. The van der Waals surface area contributed by atoms with Gasteiger partial charge < -0.3 is 50.3 Å². The van der Waals surface area contributed by atoms with E-state index in [1.807, 2.05) is 81.3 Å². The van der Waals surface area contributed by atoms with Crippen LogP contribution in [0.1, 0.15) is 338 Å². The Balaban J connectivity index is 0.00000142. The number of amides is 1. The number of aryl methyl sites for hydroxylation is 1. The van der Waals surface area contributed by atoms with Crippen molar-refractivity contribution in [3.05, 3.63) is 117 Å². The molecular weight excluding hydrogens is 1680 g/mol. The summed E-state index contributed by atoms with van der Waals surface area (Å²) < 4.78 is 53.5. The van der Waals surface area contributed by atoms with Crippen LogP contribution in [0.4, 0.5) is 4.79 Å². The molecular formula is C94H164Cl3MgN15O11S. The molecule has 15 rings (SSSR count). The van der Waals surface area contributed by atoms with Gasteiger partial charge in [0.1, 0.15) is 17.0 Å². The molecule has 0 radical (unpaired) electrons. The molecule has 31 heteroatoms. The van der Waals surface area contributed by atoms with Gasteiger partial charge in [-0.1, -0.05) is 135 Å². The van der Waals surface area contributed by atoms with E-state index in [9.17, 15) is 14.4 Å². The number of ketones is 1. The summed E-state index contributed by atoms with van der Waals surface area (Å²) in [5, 5.41) is 16.4. The Morgan fingerprint density at radius 1 is 0.592 bits per heavy atom. The number of halogens is 3. The number of carbonyl (C=O) groups is 3. The second-order valence-electron chi connectivity index (χ2n) is 36.8. The average Bonchev–Trinajstić information content (AvgIpc) is 1.73. The Hall–Kier alpha value is -4.89. The molecule has 710 valence electrons. The number of hydrogen-bond acceptors (Lipinski definition) is 22. The van der Waals surface area contributed by atoms with Crippen molar-refractivity contribution in [2.24, 2.45) is 37.2 Å². The van der Waals surface area contributed by atoms with Crippen LogP contribution in [0, 0.1) is 28.9 Å². The van der Waals surface area contributed by atoms with Crippen LogP contribution >= 0.6 is 35.5 Å². The fourth-order valence-corrected chi connectivity index (χ4v) is 21.2. The average molecular weight is 1840 g/mol. The second kappa shape index (κ2) is 59.5. The van der Waals surface area contributed by atoms with E-state index >= 15 is 0 Å². The second-order valence-corrected chi connectivity index (χ2v) is 38.0. The quantitative estimate of drug-likeness (QED) is 0.00806. The largest absolute Gasteiger partial charge is 2.00 e. The molecule has 3 aromatic heterocycles. The fourth-order valence-electron chi connectivity index (χ4n) is 20.5. The Morgan fingerprint density at radius 2 is 1.01 bits per heavy atom. The van der Waals surface area contributed by atoms with Gasteiger partial charge in [-0.05, 0) is 230 Å². The molecule has 9 heterocycles. The summed E-state index contributed by atoms with van der Waals surface area (Å²) in [5.74, 6) is 10.8. The number of hydrazine groups is 2. The van der Waals surface area contributed by atoms with Crippen LogP contribution in [0.3, 0.4) is 0 Å². The molecule has 6 aliphatic heterocycles. The molecule has 125 heavy (non-hydrogen) atoms. The van der Waals surface area contributed by atoms with Crippen LogP contribution in [0.15, 0.2) is 125 Å². The summed E-state index contributed by atoms with van der Waals surface area (Å²) in [6, 6.07) is 8.51. The summed E-state index contributed by atoms with van der Waals surface area (Å²) >= 11 is 6.43. The number of nitrogens with zero attached hydrogens (tertiary/aromatic N) is 8. The van der Waals surface area contributed by atoms with Gasteiger partial charge in [-0.15, -0.1) is 43.5 Å². The molecule has 6 saturated carbocycles. The third-order valence-electron chi connectivity index (χ3n) is 25.8. The van der Waals surface area contributed by atoms with Crippen LogP contribution in [-0.2, 0) is 65.0 Å². The summed E-state index contributed by atoms with van der Waals surface area (Å²) in [6.45, 7) is 34.0. The van der Waals surface area contributed by atoms with Gasteiger partial charge in [-0.3, -0.25) is 40.6 Å². The number of aliphatic imine (C=N–C) groups is 1. The smallest absolute Gasteiger partial charge is 1.00 e. The van der Waals surface area contributed by atoms with E-state index in [4.69, 9.17) is 66.2 Å². The molecule has 9 N–H and O–H groups in total. The van der Waals surface area contributed by atoms with Crippen molar-refractivity contribution in [3.8, 4) is 0 Å². The number of allylic oxidation sites excluding steroid dienone is 3. The Labute approximate surface area is 790 Å². The number of rotatable bonds is 16. The number of ether oxygens (including phenoxy) is 8. The number of Topliss-reactive ketones (excluding diaryl/α,β-unsaturated/α-hetero) is 1.